The van der Waals surface area contributed by atoms with E-state index in [2.05, 4.69) is 0 Å². The molecule has 0 bridgehead atoms. The Morgan fingerprint density at radius 3 is 2.42 bits per heavy atom. The van der Waals surface area contributed by atoms with Gasteiger partial charge in [-0.25, -0.2) is 0 Å². The van der Waals surface area contributed by atoms with Gasteiger partial charge in [0.1, 0.15) is 0 Å². The molecule has 0 aliphatic rings. The Morgan fingerprint density at radius 2 is 1.89 bits per heavy atom. The average Bonchev–Trinajstić information content (AvgIpc) is 2.83. The van der Waals surface area contributed by atoms with Crippen molar-refractivity contribution in [3.63, 3.8) is 0 Å². The molecule has 0 unspecified atom stereocenters. The van der Waals surface area contributed by atoms with E-state index in [9.17, 15) is 4.79 Å². The van der Waals surface area contributed by atoms with Crippen LogP contribution < -0.4 is 0 Å². The number of rotatable bonds is 4. The fraction of sp³-hybridized carbons (Fsp3) is 0.267. The molecule has 1 heterocycles. The topological polar surface area (TPSA) is 20.3 Å². The smallest absolute Gasteiger partial charge is 0.264 e. The van der Waals surface area contributed by atoms with Crippen molar-refractivity contribution >= 4 is 28.8 Å². The highest BCUT2D eigenvalue weighted by molar-refractivity contribution is 7.17. The Hall–Kier alpha value is -1.32. The van der Waals surface area contributed by atoms with E-state index in [1.54, 1.807) is 12.1 Å². The van der Waals surface area contributed by atoms with Gasteiger partial charge in [-0.2, -0.15) is 0 Å². The maximum atomic E-state index is 12.5. The van der Waals surface area contributed by atoms with E-state index in [0.717, 1.165) is 5.56 Å². The van der Waals surface area contributed by atoms with Crippen LogP contribution in [-0.4, -0.2) is 16.8 Å². The Bertz CT molecular complexity index is 550. The number of halogens is 1. The molecule has 2 rings (SSSR count). The summed E-state index contributed by atoms with van der Waals surface area (Å²) in [7, 11) is 0. The summed E-state index contributed by atoms with van der Waals surface area (Å²) in [5, 5.41) is 0. The van der Waals surface area contributed by atoms with Gasteiger partial charge in [-0.15, -0.1) is 11.3 Å². The summed E-state index contributed by atoms with van der Waals surface area (Å²) < 4.78 is 0.645. The minimum Gasteiger partial charge on any atom is -0.331 e. The predicted molar refractivity (Wildman–Crippen MR) is 80.8 cm³/mol. The van der Waals surface area contributed by atoms with Crippen LogP contribution in [0.5, 0.6) is 0 Å². The molecule has 0 radical (unpaired) electrons. The van der Waals surface area contributed by atoms with E-state index in [0.29, 0.717) is 15.8 Å². The number of amides is 1. The van der Waals surface area contributed by atoms with Gasteiger partial charge in [-0.05, 0) is 31.5 Å². The number of hydrogen-bond acceptors (Lipinski definition) is 2. The van der Waals surface area contributed by atoms with Gasteiger partial charge in [0.2, 0.25) is 0 Å². The molecule has 2 aromatic rings. The van der Waals surface area contributed by atoms with E-state index in [1.807, 2.05) is 49.1 Å². The second kappa shape index (κ2) is 6.22. The first-order valence-electron chi connectivity index (χ1n) is 6.18. The third kappa shape index (κ3) is 3.58. The molecule has 100 valence electrons. The van der Waals surface area contributed by atoms with Crippen molar-refractivity contribution in [3.05, 3.63) is 57.2 Å². The summed E-state index contributed by atoms with van der Waals surface area (Å²) in [6, 6.07) is 13.7. The summed E-state index contributed by atoms with van der Waals surface area (Å²) in [4.78, 5) is 15.0. The highest BCUT2D eigenvalue weighted by Crippen LogP contribution is 2.24. The molecule has 0 aliphatic heterocycles. The maximum absolute atomic E-state index is 12.5. The van der Waals surface area contributed by atoms with Gasteiger partial charge in [0.05, 0.1) is 9.21 Å². The van der Waals surface area contributed by atoms with Gasteiger partial charge < -0.3 is 4.90 Å². The van der Waals surface area contributed by atoms with Gasteiger partial charge in [0.15, 0.2) is 0 Å². The number of benzene rings is 1. The fourth-order valence-electron chi connectivity index (χ4n) is 1.84. The zero-order valence-electron chi connectivity index (χ0n) is 11.0. The van der Waals surface area contributed by atoms with Gasteiger partial charge in [0, 0.05) is 12.6 Å². The van der Waals surface area contributed by atoms with Crippen LogP contribution in [0, 0.1) is 0 Å². The molecule has 1 amide bonds. The van der Waals surface area contributed by atoms with Crippen molar-refractivity contribution in [1.82, 2.24) is 4.90 Å². The molecule has 0 N–H and O–H groups in total. The summed E-state index contributed by atoms with van der Waals surface area (Å²) >= 11 is 7.22. The van der Waals surface area contributed by atoms with Gasteiger partial charge in [-0.1, -0.05) is 41.9 Å². The molecule has 1 aromatic carbocycles. The highest BCUT2D eigenvalue weighted by Gasteiger charge is 2.20. The molecule has 0 atom stereocenters. The molecule has 0 spiro atoms. The number of hydrogen-bond donors (Lipinski definition) is 0. The lowest BCUT2D eigenvalue weighted by molar-refractivity contribution is 0.0695. The number of carbonyl (C=O) groups is 1. The van der Waals surface area contributed by atoms with Crippen LogP contribution in [0.4, 0.5) is 0 Å². The minimum absolute atomic E-state index is 0.0377. The first kappa shape index (κ1) is 14.1. The van der Waals surface area contributed by atoms with Gasteiger partial charge in [-0.3, -0.25) is 4.79 Å². The zero-order chi connectivity index (χ0) is 13.8. The Balaban J connectivity index is 2.19. The first-order valence-corrected chi connectivity index (χ1v) is 7.37. The summed E-state index contributed by atoms with van der Waals surface area (Å²) in [5.74, 6) is 0.0377. The molecule has 0 saturated carbocycles. The number of thiophene rings is 1. The van der Waals surface area contributed by atoms with E-state index < -0.39 is 0 Å². The zero-order valence-corrected chi connectivity index (χ0v) is 12.5. The Morgan fingerprint density at radius 1 is 1.21 bits per heavy atom. The SMILES string of the molecule is CC(C)N(Cc1ccccc1)C(=O)c1ccc(Cl)s1. The standard InChI is InChI=1S/C15H16ClNOS/c1-11(2)17(10-12-6-4-3-5-7-12)15(18)13-8-9-14(16)19-13/h3-9,11H,10H2,1-2H3. The quantitative estimate of drug-likeness (QED) is 0.815. The van der Waals surface area contributed by atoms with Crippen LogP contribution in [0.25, 0.3) is 0 Å². The van der Waals surface area contributed by atoms with Crippen molar-refractivity contribution in [2.24, 2.45) is 0 Å². The summed E-state index contributed by atoms with van der Waals surface area (Å²) in [5.41, 5.74) is 1.13. The third-order valence-corrected chi connectivity index (χ3v) is 4.08. The van der Waals surface area contributed by atoms with Gasteiger partial charge >= 0.3 is 0 Å². The molecule has 0 saturated heterocycles. The van der Waals surface area contributed by atoms with Crippen LogP contribution in [0.3, 0.4) is 0 Å². The van der Waals surface area contributed by atoms with Crippen molar-refractivity contribution < 1.29 is 4.79 Å². The number of carbonyl (C=O) groups excluding carboxylic acids is 1. The molecule has 2 nitrogen and oxygen atoms in total. The molecule has 0 fully saturated rings. The molecule has 4 heteroatoms. The van der Waals surface area contributed by atoms with Crippen molar-refractivity contribution in [1.29, 1.82) is 0 Å². The predicted octanol–water partition coefficient (Wildman–Crippen LogP) is 4.45. The van der Waals surface area contributed by atoms with Crippen molar-refractivity contribution in [2.75, 3.05) is 0 Å². The monoisotopic (exact) mass is 293 g/mol. The molecule has 1 aromatic heterocycles. The maximum Gasteiger partial charge on any atom is 0.264 e. The van der Waals surface area contributed by atoms with Crippen LogP contribution in [0.1, 0.15) is 29.1 Å². The average molecular weight is 294 g/mol. The lowest BCUT2D eigenvalue weighted by Crippen LogP contribution is -2.35. The van der Waals surface area contributed by atoms with Crippen LogP contribution in [0.2, 0.25) is 4.34 Å². The molecule has 0 aliphatic carbocycles. The summed E-state index contributed by atoms with van der Waals surface area (Å²) in [6.07, 6.45) is 0. The fourth-order valence-corrected chi connectivity index (χ4v) is 2.84. The second-order valence-electron chi connectivity index (χ2n) is 4.62. The Labute approximate surface area is 122 Å². The van der Waals surface area contributed by atoms with Crippen molar-refractivity contribution in [2.45, 2.75) is 26.4 Å². The van der Waals surface area contributed by atoms with Crippen LogP contribution in [-0.2, 0) is 6.54 Å². The largest absolute Gasteiger partial charge is 0.331 e. The van der Waals surface area contributed by atoms with Crippen molar-refractivity contribution in [3.8, 4) is 0 Å². The molecule has 19 heavy (non-hydrogen) atoms. The number of nitrogens with zero attached hydrogens (tertiary/aromatic N) is 1. The first-order chi connectivity index (χ1) is 9.08. The summed E-state index contributed by atoms with van der Waals surface area (Å²) in [6.45, 7) is 4.67. The lowest BCUT2D eigenvalue weighted by Gasteiger charge is -2.26. The lowest BCUT2D eigenvalue weighted by atomic mass is 10.2. The van der Waals surface area contributed by atoms with E-state index >= 15 is 0 Å². The second-order valence-corrected chi connectivity index (χ2v) is 6.33. The molecular formula is C15H16ClNOS. The third-order valence-electron chi connectivity index (χ3n) is 2.86. The van der Waals surface area contributed by atoms with E-state index in [1.165, 1.54) is 11.3 Å². The van der Waals surface area contributed by atoms with E-state index in [4.69, 9.17) is 11.6 Å². The van der Waals surface area contributed by atoms with Crippen LogP contribution >= 0.6 is 22.9 Å². The van der Waals surface area contributed by atoms with Gasteiger partial charge in [0.25, 0.3) is 5.91 Å². The Kier molecular flexibility index (Phi) is 4.61. The van der Waals surface area contributed by atoms with E-state index in [-0.39, 0.29) is 11.9 Å². The van der Waals surface area contributed by atoms with Crippen LogP contribution in [0.15, 0.2) is 42.5 Å². The molecular weight excluding hydrogens is 278 g/mol. The highest BCUT2D eigenvalue weighted by atomic mass is 35.5. The normalized spacial score (nSPS) is 10.7. The minimum atomic E-state index is 0.0377.